The Hall–Kier alpha value is -3.54. The van der Waals surface area contributed by atoms with Crippen molar-refractivity contribution in [2.45, 2.75) is 45.6 Å². The Morgan fingerprint density at radius 3 is 2.47 bits per heavy atom. The number of carbonyl (C=O) groups is 2. The molecule has 2 heterocycles. The van der Waals surface area contributed by atoms with Crippen LogP contribution < -0.4 is 14.2 Å². The Labute approximate surface area is 187 Å². The van der Waals surface area contributed by atoms with E-state index in [2.05, 4.69) is 0 Å². The summed E-state index contributed by atoms with van der Waals surface area (Å²) in [5.41, 5.74) is 2.52. The number of hydrogen-bond acceptors (Lipinski definition) is 6. The molecule has 2 aromatic rings. The van der Waals surface area contributed by atoms with E-state index in [4.69, 9.17) is 14.2 Å². The summed E-state index contributed by atoms with van der Waals surface area (Å²) in [4.78, 5) is 26.6. The first-order chi connectivity index (χ1) is 15.1. The topological polar surface area (TPSA) is 82.1 Å². The van der Waals surface area contributed by atoms with Crippen molar-refractivity contribution in [2.75, 3.05) is 7.11 Å². The van der Waals surface area contributed by atoms with Crippen molar-refractivity contribution in [3.63, 3.8) is 0 Å². The minimum absolute atomic E-state index is 0.0475. The van der Waals surface area contributed by atoms with Gasteiger partial charge in [0, 0.05) is 5.56 Å². The SMILES string of the molecule is COc1c(CC=C(C)C)c2c(c3c1C(=O)C(c1ccc(O)cc1)C(=O)O3)C=CC(C)(C)O2. The first-order valence-electron chi connectivity index (χ1n) is 10.5. The number of allylic oxidation sites excluding steroid dienone is 2. The van der Waals surface area contributed by atoms with Gasteiger partial charge < -0.3 is 19.3 Å². The molecule has 0 aliphatic carbocycles. The number of rotatable bonds is 4. The quantitative estimate of drug-likeness (QED) is 0.316. The predicted molar refractivity (Wildman–Crippen MR) is 121 cm³/mol. The molecule has 6 nitrogen and oxygen atoms in total. The van der Waals surface area contributed by atoms with Gasteiger partial charge >= 0.3 is 5.97 Å². The second kappa shape index (κ2) is 7.86. The molecule has 2 aromatic carbocycles. The van der Waals surface area contributed by atoms with Gasteiger partial charge in [0.15, 0.2) is 11.5 Å². The molecule has 0 bridgehead atoms. The number of carbonyl (C=O) groups excluding carboxylic acids is 2. The maximum absolute atomic E-state index is 13.7. The van der Waals surface area contributed by atoms with E-state index in [-0.39, 0.29) is 17.1 Å². The minimum Gasteiger partial charge on any atom is -0.508 e. The van der Waals surface area contributed by atoms with Crippen molar-refractivity contribution in [2.24, 2.45) is 0 Å². The van der Waals surface area contributed by atoms with E-state index >= 15 is 0 Å². The number of phenolic OH excluding ortho intramolecular Hbond substituents is 1. The fourth-order valence-electron chi connectivity index (χ4n) is 4.02. The normalized spacial score (nSPS) is 18.2. The molecule has 0 radical (unpaired) electrons. The first kappa shape index (κ1) is 21.7. The van der Waals surface area contributed by atoms with Gasteiger partial charge in [-0.25, -0.2) is 0 Å². The molecule has 1 unspecified atom stereocenters. The van der Waals surface area contributed by atoms with Crippen LogP contribution in [0.2, 0.25) is 0 Å². The lowest BCUT2D eigenvalue weighted by Gasteiger charge is -2.34. The van der Waals surface area contributed by atoms with Crippen molar-refractivity contribution in [3.8, 4) is 23.0 Å². The standard InChI is InChI=1S/C26H26O6/c1-14(2)6-11-17-22-18(12-13-26(3,4)32-22)24-20(23(17)30-5)21(28)19(25(29)31-24)15-7-9-16(27)10-8-15/h6-10,12-13,19,27H,11H2,1-5H3. The van der Waals surface area contributed by atoms with Crippen LogP contribution in [-0.4, -0.2) is 29.6 Å². The molecule has 1 N–H and O–H groups in total. The van der Waals surface area contributed by atoms with Gasteiger partial charge in [-0.15, -0.1) is 0 Å². The van der Waals surface area contributed by atoms with Gasteiger partial charge in [0.1, 0.15) is 34.3 Å². The summed E-state index contributed by atoms with van der Waals surface area (Å²) in [6.07, 6.45) is 6.24. The van der Waals surface area contributed by atoms with Crippen LogP contribution >= 0.6 is 0 Å². The van der Waals surface area contributed by atoms with Gasteiger partial charge in [0.2, 0.25) is 0 Å². The van der Waals surface area contributed by atoms with E-state index in [1.165, 1.54) is 19.2 Å². The zero-order valence-electron chi connectivity index (χ0n) is 18.8. The van der Waals surface area contributed by atoms with Crippen molar-refractivity contribution >= 4 is 17.8 Å². The fraction of sp³-hybridized carbons (Fsp3) is 0.308. The Kier molecular flexibility index (Phi) is 5.33. The molecule has 1 atom stereocenters. The van der Waals surface area contributed by atoms with E-state index in [0.29, 0.717) is 29.0 Å². The van der Waals surface area contributed by atoms with Crippen LogP contribution in [-0.2, 0) is 11.2 Å². The molecule has 0 amide bonds. The van der Waals surface area contributed by atoms with Gasteiger partial charge in [-0.05, 0) is 64.0 Å². The highest BCUT2D eigenvalue weighted by Gasteiger charge is 2.44. The molecule has 0 saturated heterocycles. The molecular formula is C26H26O6. The number of ketones is 1. The Bertz CT molecular complexity index is 1160. The molecule has 166 valence electrons. The Balaban J connectivity index is 1.96. The highest BCUT2D eigenvalue weighted by atomic mass is 16.5. The summed E-state index contributed by atoms with van der Waals surface area (Å²) < 4.78 is 17.7. The third-order valence-electron chi connectivity index (χ3n) is 5.60. The monoisotopic (exact) mass is 434 g/mol. The number of benzene rings is 2. The van der Waals surface area contributed by atoms with E-state index in [9.17, 15) is 14.7 Å². The Morgan fingerprint density at radius 2 is 1.84 bits per heavy atom. The molecule has 0 fully saturated rings. The van der Waals surface area contributed by atoms with Gasteiger partial charge in [-0.2, -0.15) is 0 Å². The number of ether oxygens (including phenoxy) is 3. The number of phenols is 1. The van der Waals surface area contributed by atoms with E-state index in [0.717, 1.165) is 11.1 Å². The number of hydrogen-bond donors (Lipinski definition) is 1. The molecule has 32 heavy (non-hydrogen) atoms. The lowest BCUT2D eigenvalue weighted by atomic mass is 9.84. The smallest absolute Gasteiger partial charge is 0.326 e. The summed E-state index contributed by atoms with van der Waals surface area (Å²) in [6, 6.07) is 5.97. The highest BCUT2D eigenvalue weighted by molar-refractivity contribution is 6.19. The van der Waals surface area contributed by atoms with Crippen molar-refractivity contribution in [1.82, 2.24) is 0 Å². The second-order valence-electron chi connectivity index (χ2n) is 8.79. The largest absolute Gasteiger partial charge is 0.508 e. The number of esters is 1. The predicted octanol–water partition coefficient (Wildman–Crippen LogP) is 4.98. The van der Waals surface area contributed by atoms with Crippen molar-refractivity contribution < 1.29 is 28.9 Å². The summed E-state index contributed by atoms with van der Waals surface area (Å²) in [5, 5.41) is 9.59. The lowest BCUT2D eigenvalue weighted by molar-refractivity contribution is -0.135. The highest BCUT2D eigenvalue weighted by Crippen LogP contribution is 2.51. The maximum Gasteiger partial charge on any atom is 0.326 e. The average molecular weight is 434 g/mol. The third-order valence-corrected chi connectivity index (χ3v) is 5.60. The Morgan fingerprint density at radius 1 is 1.16 bits per heavy atom. The second-order valence-corrected chi connectivity index (χ2v) is 8.79. The molecule has 0 saturated carbocycles. The molecule has 2 aliphatic rings. The molecule has 6 heteroatoms. The van der Waals surface area contributed by atoms with Crippen LogP contribution in [0.1, 0.15) is 60.7 Å². The number of methoxy groups -OCH3 is 1. The van der Waals surface area contributed by atoms with Gasteiger partial charge in [0.25, 0.3) is 0 Å². The van der Waals surface area contributed by atoms with Crippen LogP contribution in [0.5, 0.6) is 23.0 Å². The molecule has 4 rings (SSSR count). The van der Waals surface area contributed by atoms with Gasteiger partial charge in [-0.1, -0.05) is 23.8 Å². The van der Waals surface area contributed by atoms with Crippen molar-refractivity contribution in [3.05, 3.63) is 64.2 Å². The summed E-state index contributed by atoms with van der Waals surface area (Å²) >= 11 is 0. The van der Waals surface area contributed by atoms with Crippen LogP contribution in [0.3, 0.4) is 0 Å². The zero-order chi connectivity index (χ0) is 23.2. The molecule has 0 spiro atoms. The average Bonchev–Trinajstić information content (AvgIpc) is 2.72. The third kappa shape index (κ3) is 3.66. The first-order valence-corrected chi connectivity index (χ1v) is 10.5. The molecule has 2 aliphatic heterocycles. The number of aromatic hydroxyl groups is 1. The van der Waals surface area contributed by atoms with Gasteiger partial charge in [-0.3, -0.25) is 9.59 Å². The fourth-order valence-corrected chi connectivity index (χ4v) is 4.02. The van der Waals surface area contributed by atoms with Crippen LogP contribution in [0.15, 0.2) is 42.0 Å². The maximum atomic E-state index is 13.7. The summed E-state index contributed by atoms with van der Waals surface area (Å²) in [7, 11) is 1.50. The van der Waals surface area contributed by atoms with E-state index in [1.54, 1.807) is 12.1 Å². The summed E-state index contributed by atoms with van der Waals surface area (Å²) in [6.45, 7) is 7.85. The van der Waals surface area contributed by atoms with Crippen LogP contribution in [0.25, 0.3) is 6.08 Å². The minimum atomic E-state index is -1.14. The lowest BCUT2D eigenvalue weighted by Crippen LogP contribution is -2.34. The zero-order valence-corrected chi connectivity index (χ0v) is 18.8. The van der Waals surface area contributed by atoms with E-state index < -0.39 is 23.3 Å². The van der Waals surface area contributed by atoms with Crippen LogP contribution in [0.4, 0.5) is 0 Å². The summed E-state index contributed by atoms with van der Waals surface area (Å²) in [5.74, 6) is -1.11. The number of fused-ring (bicyclic) bond motifs is 3. The van der Waals surface area contributed by atoms with Crippen LogP contribution in [0, 0.1) is 0 Å². The molecule has 0 aromatic heterocycles. The van der Waals surface area contributed by atoms with Crippen molar-refractivity contribution in [1.29, 1.82) is 0 Å². The molecular weight excluding hydrogens is 408 g/mol. The number of Topliss-reactive ketones (excluding diaryl/α,β-unsaturated/α-hetero) is 1. The van der Waals surface area contributed by atoms with Gasteiger partial charge in [0.05, 0.1) is 12.7 Å². The van der Waals surface area contributed by atoms with E-state index in [1.807, 2.05) is 45.9 Å².